The molecule has 1 spiro atoms. The molecule has 2 heterocycles. The summed E-state index contributed by atoms with van der Waals surface area (Å²) < 4.78 is 27.4. The number of amides is 1. The molecule has 7 heteroatoms. The first-order valence-corrected chi connectivity index (χ1v) is 11.9. The van der Waals surface area contributed by atoms with Gasteiger partial charge < -0.3 is 4.90 Å². The highest BCUT2D eigenvalue weighted by Crippen LogP contribution is 2.45. The average molecular weight is 417 g/mol. The van der Waals surface area contributed by atoms with Crippen LogP contribution in [0.15, 0.2) is 59.5 Å². The fourth-order valence-electron chi connectivity index (χ4n) is 3.98. The molecule has 4 rings (SSSR count). The van der Waals surface area contributed by atoms with Gasteiger partial charge in [-0.05, 0) is 44.0 Å². The number of hydrogen-bond acceptors (Lipinski definition) is 4. The van der Waals surface area contributed by atoms with Gasteiger partial charge in [-0.25, -0.2) is 8.42 Å². The van der Waals surface area contributed by atoms with Crippen molar-refractivity contribution in [1.82, 2.24) is 9.21 Å². The molecule has 2 aromatic carbocycles. The molecule has 5 nitrogen and oxygen atoms in total. The first-order valence-electron chi connectivity index (χ1n) is 9.50. The molecule has 1 amide bonds. The summed E-state index contributed by atoms with van der Waals surface area (Å²) in [4.78, 5) is 15.1. The van der Waals surface area contributed by atoms with Crippen LogP contribution in [0.1, 0.15) is 28.8 Å². The highest BCUT2D eigenvalue weighted by Gasteiger charge is 2.48. The molecule has 2 aromatic rings. The van der Waals surface area contributed by atoms with Crippen LogP contribution in [0.25, 0.3) is 0 Å². The maximum atomic E-state index is 13.1. The largest absolute Gasteiger partial charge is 0.323 e. The number of piperidine rings is 1. The van der Waals surface area contributed by atoms with E-state index in [1.54, 1.807) is 40.3 Å². The number of thioether (sulfide) groups is 1. The molecule has 0 aliphatic carbocycles. The molecule has 0 unspecified atom stereocenters. The minimum atomic E-state index is -3.48. The third kappa shape index (κ3) is 3.47. The molecule has 0 N–H and O–H groups in total. The molecule has 2 aliphatic heterocycles. The smallest absolute Gasteiger partial charge is 0.254 e. The third-order valence-corrected chi connectivity index (χ3v) is 9.07. The zero-order chi connectivity index (χ0) is 19.8. The van der Waals surface area contributed by atoms with Crippen molar-refractivity contribution >= 4 is 27.7 Å². The fourth-order valence-corrected chi connectivity index (χ4v) is 6.90. The van der Waals surface area contributed by atoms with Crippen molar-refractivity contribution in [3.8, 4) is 0 Å². The van der Waals surface area contributed by atoms with E-state index >= 15 is 0 Å². The lowest BCUT2D eigenvalue weighted by Gasteiger charge is -2.43. The van der Waals surface area contributed by atoms with E-state index in [4.69, 9.17) is 0 Å². The second kappa shape index (κ2) is 7.54. The standard InChI is InChI=1S/C21H24N2O3S2/c1-17-7-9-18(10-8-17)20(24)23-15-16-27-21(23)11-13-22(14-12-21)28(25,26)19-5-3-2-4-6-19/h2-10H,11-16H2,1H3. The van der Waals surface area contributed by atoms with Crippen molar-refractivity contribution < 1.29 is 13.2 Å². The molecular formula is C21H24N2O3S2. The molecule has 2 fully saturated rings. The SMILES string of the molecule is Cc1ccc(C(=O)N2CCSC23CCN(S(=O)(=O)c2ccccc2)CC3)cc1. The predicted octanol–water partition coefficient (Wildman–Crippen LogP) is 3.37. The van der Waals surface area contributed by atoms with Crippen LogP contribution in [0.5, 0.6) is 0 Å². The Morgan fingerprint density at radius 3 is 2.25 bits per heavy atom. The molecule has 0 atom stereocenters. The van der Waals surface area contributed by atoms with Crippen LogP contribution in [0, 0.1) is 6.92 Å². The summed E-state index contributed by atoms with van der Waals surface area (Å²) in [6, 6.07) is 16.2. The van der Waals surface area contributed by atoms with Crippen molar-refractivity contribution in [3.05, 3.63) is 65.7 Å². The van der Waals surface area contributed by atoms with Crippen LogP contribution < -0.4 is 0 Å². The highest BCUT2D eigenvalue weighted by atomic mass is 32.2. The fraction of sp³-hybridized carbons (Fsp3) is 0.381. The Bertz CT molecular complexity index is 951. The van der Waals surface area contributed by atoms with Gasteiger partial charge in [0, 0.05) is 31.0 Å². The van der Waals surface area contributed by atoms with Gasteiger partial charge in [0.2, 0.25) is 10.0 Å². The zero-order valence-electron chi connectivity index (χ0n) is 15.9. The van der Waals surface area contributed by atoms with Crippen molar-refractivity contribution in [2.45, 2.75) is 29.5 Å². The Morgan fingerprint density at radius 1 is 0.964 bits per heavy atom. The Labute approximate surface area is 170 Å². The van der Waals surface area contributed by atoms with Crippen molar-refractivity contribution in [2.75, 3.05) is 25.4 Å². The Morgan fingerprint density at radius 2 is 1.61 bits per heavy atom. The normalized spacial score (nSPS) is 19.8. The Balaban J connectivity index is 1.51. The molecule has 0 aromatic heterocycles. The van der Waals surface area contributed by atoms with Gasteiger partial charge in [0.05, 0.1) is 9.77 Å². The van der Waals surface area contributed by atoms with Crippen molar-refractivity contribution in [2.24, 2.45) is 0 Å². The minimum absolute atomic E-state index is 0.0457. The van der Waals surface area contributed by atoms with E-state index in [-0.39, 0.29) is 10.8 Å². The van der Waals surface area contributed by atoms with Gasteiger partial charge in [0.15, 0.2) is 0 Å². The number of sulfonamides is 1. The quantitative estimate of drug-likeness (QED) is 0.770. The molecule has 28 heavy (non-hydrogen) atoms. The van der Waals surface area contributed by atoms with E-state index in [0.717, 1.165) is 11.3 Å². The van der Waals surface area contributed by atoms with E-state index in [1.807, 2.05) is 42.2 Å². The van der Waals surface area contributed by atoms with Gasteiger partial charge in [-0.1, -0.05) is 35.9 Å². The summed E-state index contributed by atoms with van der Waals surface area (Å²) in [7, 11) is -3.48. The first kappa shape index (κ1) is 19.5. The first-order chi connectivity index (χ1) is 13.4. The number of nitrogens with zero attached hydrogens (tertiary/aromatic N) is 2. The zero-order valence-corrected chi connectivity index (χ0v) is 17.5. The van der Waals surface area contributed by atoms with Crippen LogP contribution in [-0.2, 0) is 10.0 Å². The van der Waals surface area contributed by atoms with E-state index in [1.165, 1.54) is 0 Å². The van der Waals surface area contributed by atoms with Crippen molar-refractivity contribution in [3.63, 3.8) is 0 Å². The second-order valence-corrected chi connectivity index (χ2v) is 10.7. The maximum absolute atomic E-state index is 13.1. The third-order valence-electron chi connectivity index (χ3n) is 5.61. The van der Waals surface area contributed by atoms with Crippen LogP contribution in [-0.4, -0.2) is 53.8 Å². The van der Waals surface area contributed by atoms with Gasteiger partial charge in [0.1, 0.15) is 0 Å². The molecule has 148 valence electrons. The van der Waals surface area contributed by atoms with Crippen LogP contribution in [0.3, 0.4) is 0 Å². The lowest BCUT2D eigenvalue weighted by Crippen LogP contribution is -2.53. The lowest BCUT2D eigenvalue weighted by atomic mass is 10.0. The Hall–Kier alpha value is -1.83. The molecule has 0 saturated carbocycles. The van der Waals surface area contributed by atoms with E-state index in [0.29, 0.717) is 42.9 Å². The molecule has 0 radical (unpaired) electrons. The number of carbonyl (C=O) groups excluding carboxylic acids is 1. The maximum Gasteiger partial charge on any atom is 0.254 e. The lowest BCUT2D eigenvalue weighted by molar-refractivity contribution is 0.0605. The molecular weight excluding hydrogens is 392 g/mol. The highest BCUT2D eigenvalue weighted by molar-refractivity contribution is 8.00. The van der Waals surface area contributed by atoms with Crippen LogP contribution in [0.4, 0.5) is 0 Å². The van der Waals surface area contributed by atoms with Gasteiger partial charge in [0.25, 0.3) is 5.91 Å². The number of aryl methyl sites for hydroxylation is 1. The second-order valence-electron chi connectivity index (χ2n) is 7.33. The van der Waals surface area contributed by atoms with E-state index in [2.05, 4.69) is 0 Å². The average Bonchev–Trinajstić information content (AvgIpc) is 3.12. The van der Waals surface area contributed by atoms with Gasteiger partial charge >= 0.3 is 0 Å². The summed E-state index contributed by atoms with van der Waals surface area (Å²) >= 11 is 1.79. The molecule has 0 bridgehead atoms. The van der Waals surface area contributed by atoms with E-state index < -0.39 is 10.0 Å². The number of benzene rings is 2. The minimum Gasteiger partial charge on any atom is -0.323 e. The van der Waals surface area contributed by atoms with Gasteiger partial charge in [-0.2, -0.15) is 4.31 Å². The van der Waals surface area contributed by atoms with Gasteiger partial charge in [-0.3, -0.25) is 4.79 Å². The topological polar surface area (TPSA) is 57.7 Å². The summed E-state index contributed by atoms with van der Waals surface area (Å²) in [5.41, 5.74) is 1.83. The predicted molar refractivity (Wildman–Crippen MR) is 112 cm³/mol. The van der Waals surface area contributed by atoms with Crippen LogP contribution in [0.2, 0.25) is 0 Å². The number of hydrogen-bond donors (Lipinski definition) is 0. The Kier molecular flexibility index (Phi) is 5.24. The number of carbonyl (C=O) groups is 1. The van der Waals surface area contributed by atoms with Crippen LogP contribution >= 0.6 is 11.8 Å². The molecule has 2 saturated heterocycles. The van der Waals surface area contributed by atoms with E-state index in [9.17, 15) is 13.2 Å². The van der Waals surface area contributed by atoms with Crippen molar-refractivity contribution in [1.29, 1.82) is 0 Å². The number of rotatable bonds is 3. The summed E-state index contributed by atoms with van der Waals surface area (Å²) in [5, 5.41) is 0. The summed E-state index contributed by atoms with van der Waals surface area (Å²) in [5.74, 6) is 0.938. The van der Waals surface area contributed by atoms with Gasteiger partial charge in [-0.15, -0.1) is 11.8 Å². The molecule has 2 aliphatic rings. The summed E-state index contributed by atoms with van der Waals surface area (Å²) in [6.07, 6.45) is 1.31. The summed E-state index contributed by atoms with van der Waals surface area (Å²) in [6.45, 7) is 3.58. The monoisotopic (exact) mass is 416 g/mol.